The summed E-state index contributed by atoms with van der Waals surface area (Å²) in [5, 5.41) is 1.57. The summed E-state index contributed by atoms with van der Waals surface area (Å²) >= 11 is 0. The molecule has 0 saturated carbocycles. The van der Waals surface area contributed by atoms with Gasteiger partial charge >= 0.3 is 7.29 Å². The van der Waals surface area contributed by atoms with Gasteiger partial charge in [0.1, 0.15) is 6.21 Å². The van der Waals surface area contributed by atoms with Crippen LogP contribution < -0.4 is 5.30 Å². The molecule has 0 spiro atoms. The molecule has 0 fully saturated rings. The molecule has 0 bridgehead atoms. The Labute approximate surface area is 196 Å². The second kappa shape index (κ2) is 9.12. The average molecular weight is 597 g/mol. The molecule has 153 valence electrons. The second-order valence-corrected chi connectivity index (χ2v) is 9.62. The fourth-order valence-electron chi connectivity index (χ4n) is 3.74. The number of hydrogen-bond acceptors (Lipinski definition) is 1. The summed E-state index contributed by atoms with van der Waals surface area (Å²) < 4.78 is 16.4. The van der Waals surface area contributed by atoms with Gasteiger partial charge in [-0.1, -0.05) is 84.4 Å². The van der Waals surface area contributed by atoms with E-state index in [2.05, 4.69) is 36.5 Å². The Morgan fingerprint density at radius 1 is 0.645 bits per heavy atom. The molecule has 5 rings (SSSR count). The van der Waals surface area contributed by atoms with Crippen LogP contribution in [0.5, 0.6) is 0 Å². The van der Waals surface area contributed by atoms with Gasteiger partial charge in [0, 0.05) is 25.8 Å². The van der Waals surface area contributed by atoms with Crippen molar-refractivity contribution in [1.29, 1.82) is 0 Å². The zero-order valence-corrected chi connectivity index (χ0v) is 19.9. The molecular weight excluding hydrogens is 577 g/mol. The summed E-state index contributed by atoms with van der Waals surface area (Å²) in [6.45, 7) is 0. The van der Waals surface area contributed by atoms with Crippen molar-refractivity contribution in [3.8, 4) is 11.1 Å². The van der Waals surface area contributed by atoms with E-state index in [9.17, 15) is 4.57 Å². The average Bonchev–Trinajstić information content (AvgIpc) is 3.19. The third-order valence-electron chi connectivity index (χ3n) is 5.25. The molecule has 1 aliphatic heterocycles. The van der Waals surface area contributed by atoms with Gasteiger partial charge in [-0.25, -0.2) is 0 Å². The van der Waals surface area contributed by atoms with Gasteiger partial charge in [0.05, 0.1) is 5.30 Å². The van der Waals surface area contributed by atoms with E-state index in [0.29, 0.717) is 0 Å². The van der Waals surface area contributed by atoms with Crippen LogP contribution in [0.3, 0.4) is 0 Å². The molecule has 1 aliphatic rings. The van der Waals surface area contributed by atoms with Crippen LogP contribution in [0.1, 0.15) is 5.56 Å². The zero-order chi connectivity index (χ0) is 20.4. The van der Waals surface area contributed by atoms with Crippen molar-refractivity contribution < 1.29 is 29.0 Å². The zero-order valence-electron chi connectivity index (χ0n) is 16.6. The number of hydrogen-bond donors (Lipinski definition) is 0. The Hall–Kier alpha value is -2.83. The standard InChI is InChI=1S/C27H19NOP.Ir/c29-30(26-14-8-3-9-15-26)27(20-21-28(30)25-12-6-2-7-13-25)24-18-16-23(17-19-24)22-10-4-1-5-11-22;/h1-12,14-20H;/q-1;. The van der Waals surface area contributed by atoms with Gasteiger partial charge in [-0.05, 0) is 28.6 Å². The number of allylic oxidation sites excluding steroid dienone is 1. The Kier molecular flexibility index (Phi) is 6.30. The van der Waals surface area contributed by atoms with Crippen molar-refractivity contribution in [3.05, 3.63) is 127 Å². The maximum absolute atomic E-state index is 14.6. The van der Waals surface area contributed by atoms with E-state index in [1.807, 2.05) is 91.0 Å². The summed E-state index contributed by atoms with van der Waals surface area (Å²) in [5.74, 6) is 0. The van der Waals surface area contributed by atoms with Gasteiger partial charge < -0.3 is 0 Å². The van der Waals surface area contributed by atoms with E-state index in [0.717, 1.165) is 33.0 Å². The molecular formula is C27H19IrNOP-. The van der Waals surface area contributed by atoms with Crippen LogP contribution >= 0.6 is 7.29 Å². The van der Waals surface area contributed by atoms with Gasteiger partial charge in [0.15, 0.2) is 0 Å². The fourth-order valence-corrected chi connectivity index (χ4v) is 6.42. The smallest absolute Gasteiger partial charge is 0.288 e. The van der Waals surface area contributed by atoms with Crippen molar-refractivity contribution in [3.63, 3.8) is 0 Å². The van der Waals surface area contributed by atoms with Gasteiger partial charge in [-0.15, -0.1) is 0 Å². The molecule has 4 aromatic carbocycles. The fraction of sp³-hybridized carbons (Fsp3) is 0. The molecule has 2 nitrogen and oxygen atoms in total. The molecule has 4 aromatic rings. The predicted molar refractivity (Wildman–Crippen MR) is 124 cm³/mol. The minimum atomic E-state index is -3.12. The molecule has 0 saturated heterocycles. The first kappa shape index (κ1) is 21.4. The number of para-hydroxylation sites is 1. The van der Waals surface area contributed by atoms with Gasteiger partial charge in [0.2, 0.25) is 0 Å². The van der Waals surface area contributed by atoms with Crippen molar-refractivity contribution in [1.82, 2.24) is 0 Å². The van der Waals surface area contributed by atoms with Crippen LogP contribution in [0.4, 0.5) is 5.69 Å². The largest absolute Gasteiger partial charge is 0.310 e. The van der Waals surface area contributed by atoms with Crippen LogP contribution in [-0.2, 0) is 24.7 Å². The van der Waals surface area contributed by atoms with Gasteiger partial charge in [-0.3, -0.25) is 8.91 Å². The van der Waals surface area contributed by atoms with Crippen LogP contribution in [0, 0.1) is 6.07 Å². The molecule has 1 heterocycles. The monoisotopic (exact) mass is 597 g/mol. The van der Waals surface area contributed by atoms with Crippen molar-refractivity contribution in [2.75, 3.05) is 0 Å². The summed E-state index contributed by atoms with van der Waals surface area (Å²) in [6.07, 6.45) is 5.09. The van der Waals surface area contributed by atoms with E-state index in [4.69, 9.17) is 0 Å². The van der Waals surface area contributed by atoms with E-state index in [-0.39, 0.29) is 20.1 Å². The molecule has 1 unspecified atom stereocenters. The second-order valence-electron chi connectivity index (χ2n) is 7.07. The summed E-state index contributed by atoms with van der Waals surface area (Å²) in [7, 11) is -3.12. The van der Waals surface area contributed by atoms with E-state index in [1.165, 1.54) is 0 Å². The van der Waals surface area contributed by atoms with Crippen molar-refractivity contribution >= 4 is 29.8 Å². The first-order valence-corrected chi connectivity index (χ1v) is 11.5. The maximum Gasteiger partial charge on any atom is 0.310 e. The Bertz CT molecular complexity index is 1280. The van der Waals surface area contributed by atoms with Crippen molar-refractivity contribution in [2.45, 2.75) is 0 Å². The first-order valence-electron chi connectivity index (χ1n) is 9.82. The number of benzene rings is 4. The summed E-state index contributed by atoms with van der Waals surface area (Å²) in [5.41, 5.74) is 3.98. The van der Waals surface area contributed by atoms with Crippen molar-refractivity contribution in [2.24, 2.45) is 0 Å². The molecule has 1 radical (unpaired) electrons. The van der Waals surface area contributed by atoms with Gasteiger partial charge in [0.25, 0.3) is 0 Å². The quantitative estimate of drug-likeness (QED) is 0.197. The van der Waals surface area contributed by atoms with Crippen LogP contribution in [0.15, 0.2) is 115 Å². The molecule has 0 aromatic heterocycles. The third kappa shape index (κ3) is 3.93. The molecule has 4 heteroatoms. The molecule has 1 atom stereocenters. The first-order chi connectivity index (χ1) is 14.8. The van der Waals surface area contributed by atoms with Crippen LogP contribution in [0.2, 0.25) is 0 Å². The maximum atomic E-state index is 14.6. The number of rotatable bonds is 4. The van der Waals surface area contributed by atoms with Crippen LogP contribution in [-0.4, -0.2) is 10.6 Å². The molecule has 31 heavy (non-hydrogen) atoms. The molecule has 0 N–H and O–H groups in total. The van der Waals surface area contributed by atoms with E-state index >= 15 is 0 Å². The summed E-state index contributed by atoms with van der Waals surface area (Å²) in [4.78, 5) is 0. The Balaban J connectivity index is 0.00000231. The third-order valence-corrected chi connectivity index (χ3v) is 8.18. The minimum absolute atomic E-state index is 0. The molecule has 0 amide bonds. The Morgan fingerprint density at radius 2 is 1.23 bits per heavy atom. The van der Waals surface area contributed by atoms with E-state index in [1.54, 1.807) is 4.35 Å². The SMILES string of the molecule is O=P1(c2ccccc2)C(c2ccc(-c3ccccc3)cc2)=C[C-]=[N+]1c1[c-]cccc1.[Ir]. The molecule has 0 aliphatic carbocycles. The van der Waals surface area contributed by atoms with Gasteiger partial charge in [-0.2, -0.15) is 30.3 Å². The number of nitrogens with zero attached hydrogens (tertiary/aromatic N) is 1. The van der Waals surface area contributed by atoms with Crippen LogP contribution in [0.25, 0.3) is 16.4 Å². The van der Waals surface area contributed by atoms with E-state index < -0.39 is 7.29 Å². The summed E-state index contributed by atoms with van der Waals surface area (Å²) in [6, 6.07) is 38.9. The Morgan fingerprint density at radius 3 is 1.87 bits per heavy atom. The topological polar surface area (TPSA) is 20.1 Å². The minimum Gasteiger partial charge on any atom is -0.288 e. The predicted octanol–water partition coefficient (Wildman–Crippen LogP) is 6.40. The normalized spacial score (nSPS) is 17.4.